The van der Waals surface area contributed by atoms with Gasteiger partial charge in [-0.25, -0.2) is 4.98 Å². The third kappa shape index (κ3) is 2.49. The lowest BCUT2D eigenvalue weighted by Gasteiger charge is -1.98. The number of anilines is 1. The van der Waals surface area contributed by atoms with Crippen LogP contribution in [0, 0.1) is 6.92 Å². The molecule has 0 aliphatic carbocycles. The summed E-state index contributed by atoms with van der Waals surface area (Å²) in [6, 6.07) is 12.1. The number of nitrogens with zero attached hydrogens (tertiary/aromatic N) is 1. The summed E-state index contributed by atoms with van der Waals surface area (Å²) >= 11 is 3.41. The number of nitrogen functional groups attached to an aromatic ring is 1. The molecule has 2 N–H and O–H groups in total. The number of benzene rings is 2. The maximum Gasteiger partial charge on any atom is 0.200 e. The molecular formula is C15H13BrN2O. The van der Waals surface area contributed by atoms with Gasteiger partial charge in [-0.3, -0.25) is 0 Å². The van der Waals surface area contributed by atoms with Crippen molar-refractivity contribution in [3.8, 4) is 0 Å². The van der Waals surface area contributed by atoms with Crippen LogP contribution in [0.3, 0.4) is 0 Å². The van der Waals surface area contributed by atoms with Crippen LogP contribution in [-0.4, -0.2) is 4.98 Å². The predicted molar refractivity (Wildman–Crippen MR) is 80.1 cm³/mol. The van der Waals surface area contributed by atoms with E-state index in [-0.39, 0.29) is 0 Å². The highest BCUT2D eigenvalue weighted by molar-refractivity contribution is 9.10. The fraction of sp³-hybridized carbons (Fsp3) is 0.133. The van der Waals surface area contributed by atoms with Crippen LogP contribution in [-0.2, 0) is 6.42 Å². The second-order valence-electron chi connectivity index (χ2n) is 4.62. The molecule has 1 heterocycles. The predicted octanol–water partition coefficient (Wildman–Crippen LogP) is 4.07. The standard InChI is InChI=1S/C15H13BrN2O/c1-9-3-2-4-10(5-9)6-14-18-13-8-11(16)7-12(17)15(13)19-14/h2-5,7-8H,6,17H2,1H3. The van der Waals surface area contributed by atoms with Crippen molar-refractivity contribution in [2.24, 2.45) is 0 Å². The number of hydrogen-bond acceptors (Lipinski definition) is 3. The van der Waals surface area contributed by atoms with Gasteiger partial charge < -0.3 is 10.2 Å². The fourth-order valence-electron chi connectivity index (χ4n) is 2.14. The quantitative estimate of drug-likeness (QED) is 0.725. The zero-order chi connectivity index (χ0) is 13.4. The summed E-state index contributed by atoms with van der Waals surface area (Å²) in [5, 5.41) is 0. The molecule has 0 aliphatic rings. The SMILES string of the molecule is Cc1cccc(Cc2nc3cc(Br)cc(N)c3o2)c1. The van der Waals surface area contributed by atoms with Crippen molar-refractivity contribution in [1.29, 1.82) is 0 Å². The maximum absolute atomic E-state index is 5.92. The number of fused-ring (bicyclic) bond motifs is 1. The van der Waals surface area contributed by atoms with Gasteiger partial charge in [-0.1, -0.05) is 45.8 Å². The van der Waals surface area contributed by atoms with Gasteiger partial charge in [0.1, 0.15) is 5.52 Å². The van der Waals surface area contributed by atoms with E-state index >= 15 is 0 Å². The smallest absolute Gasteiger partial charge is 0.200 e. The number of hydrogen-bond donors (Lipinski definition) is 1. The number of aryl methyl sites for hydroxylation is 1. The third-order valence-electron chi connectivity index (χ3n) is 2.97. The Morgan fingerprint density at radius 1 is 1.26 bits per heavy atom. The summed E-state index contributed by atoms with van der Waals surface area (Å²) in [5.74, 6) is 0.686. The molecule has 0 bridgehead atoms. The molecule has 0 radical (unpaired) electrons. The van der Waals surface area contributed by atoms with Gasteiger partial charge in [0.2, 0.25) is 0 Å². The minimum atomic E-state index is 0.604. The van der Waals surface area contributed by atoms with Crippen LogP contribution in [0.5, 0.6) is 0 Å². The lowest BCUT2D eigenvalue weighted by atomic mass is 10.1. The van der Waals surface area contributed by atoms with Crippen LogP contribution >= 0.6 is 15.9 Å². The van der Waals surface area contributed by atoms with Gasteiger partial charge in [0.25, 0.3) is 0 Å². The first-order valence-corrected chi connectivity index (χ1v) is 6.81. The molecule has 0 spiro atoms. The maximum atomic E-state index is 5.92. The second kappa shape index (κ2) is 4.70. The van der Waals surface area contributed by atoms with E-state index in [2.05, 4.69) is 46.0 Å². The van der Waals surface area contributed by atoms with Crippen LogP contribution in [0.4, 0.5) is 5.69 Å². The van der Waals surface area contributed by atoms with Crippen molar-refractivity contribution in [2.75, 3.05) is 5.73 Å². The zero-order valence-electron chi connectivity index (χ0n) is 10.5. The summed E-state index contributed by atoms with van der Waals surface area (Å²) in [7, 11) is 0. The first kappa shape index (κ1) is 12.2. The number of oxazole rings is 1. The Labute approximate surface area is 119 Å². The van der Waals surface area contributed by atoms with Crippen LogP contribution in [0.2, 0.25) is 0 Å². The van der Waals surface area contributed by atoms with E-state index in [9.17, 15) is 0 Å². The van der Waals surface area contributed by atoms with E-state index in [0.29, 0.717) is 23.6 Å². The van der Waals surface area contributed by atoms with Gasteiger partial charge in [-0.05, 0) is 24.6 Å². The van der Waals surface area contributed by atoms with E-state index in [1.807, 2.05) is 18.2 Å². The van der Waals surface area contributed by atoms with Gasteiger partial charge in [0.15, 0.2) is 11.5 Å². The number of rotatable bonds is 2. The van der Waals surface area contributed by atoms with E-state index in [0.717, 1.165) is 9.99 Å². The third-order valence-corrected chi connectivity index (χ3v) is 3.42. The minimum Gasteiger partial charge on any atom is -0.438 e. The molecule has 0 unspecified atom stereocenters. The Hall–Kier alpha value is -1.81. The van der Waals surface area contributed by atoms with E-state index in [1.54, 1.807) is 0 Å². The average molecular weight is 317 g/mol. The minimum absolute atomic E-state index is 0.604. The first-order chi connectivity index (χ1) is 9.11. The summed E-state index contributed by atoms with van der Waals surface area (Å²) in [5.41, 5.74) is 10.4. The fourth-order valence-corrected chi connectivity index (χ4v) is 2.60. The van der Waals surface area contributed by atoms with Gasteiger partial charge in [-0.2, -0.15) is 0 Å². The lowest BCUT2D eigenvalue weighted by molar-refractivity contribution is 0.545. The van der Waals surface area contributed by atoms with Gasteiger partial charge in [-0.15, -0.1) is 0 Å². The molecule has 0 amide bonds. The molecule has 4 heteroatoms. The summed E-state index contributed by atoms with van der Waals surface area (Å²) < 4.78 is 6.65. The van der Waals surface area contributed by atoms with Crippen molar-refractivity contribution >= 4 is 32.7 Å². The summed E-state index contributed by atoms with van der Waals surface area (Å²) in [6.07, 6.45) is 0.674. The normalized spacial score (nSPS) is 11.1. The van der Waals surface area contributed by atoms with Crippen molar-refractivity contribution in [3.63, 3.8) is 0 Å². The van der Waals surface area contributed by atoms with Crippen molar-refractivity contribution in [1.82, 2.24) is 4.98 Å². The highest BCUT2D eigenvalue weighted by atomic mass is 79.9. The number of halogens is 1. The second-order valence-corrected chi connectivity index (χ2v) is 5.53. The molecule has 19 heavy (non-hydrogen) atoms. The molecule has 1 aromatic heterocycles. The molecule has 96 valence electrons. The van der Waals surface area contributed by atoms with Crippen molar-refractivity contribution < 1.29 is 4.42 Å². The first-order valence-electron chi connectivity index (χ1n) is 6.02. The van der Waals surface area contributed by atoms with Crippen LogP contribution in [0.1, 0.15) is 17.0 Å². The lowest BCUT2D eigenvalue weighted by Crippen LogP contribution is -1.88. The van der Waals surface area contributed by atoms with Gasteiger partial charge in [0.05, 0.1) is 5.69 Å². The topological polar surface area (TPSA) is 52.0 Å². The summed E-state index contributed by atoms with van der Waals surface area (Å²) in [4.78, 5) is 4.48. The summed E-state index contributed by atoms with van der Waals surface area (Å²) in [6.45, 7) is 2.07. The zero-order valence-corrected chi connectivity index (χ0v) is 12.1. The van der Waals surface area contributed by atoms with Gasteiger partial charge in [0, 0.05) is 10.9 Å². The van der Waals surface area contributed by atoms with Gasteiger partial charge >= 0.3 is 0 Å². The molecule has 0 atom stereocenters. The van der Waals surface area contributed by atoms with Crippen LogP contribution in [0.15, 0.2) is 45.3 Å². The Kier molecular flexibility index (Phi) is 3.03. The Bertz CT molecular complexity index is 749. The molecular weight excluding hydrogens is 304 g/mol. The molecule has 0 saturated heterocycles. The molecule has 0 fully saturated rings. The molecule has 0 saturated carbocycles. The largest absolute Gasteiger partial charge is 0.438 e. The van der Waals surface area contributed by atoms with Crippen LogP contribution in [0.25, 0.3) is 11.1 Å². The Morgan fingerprint density at radius 3 is 2.89 bits per heavy atom. The highest BCUT2D eigenvalue weighted by Crippen LogP contribution is 2.27. The van der Waals surface area contributed by atoms with E-state index in [4.69, 9.17) is 10.2 Å². The number of nitrogens with two attached hydrogens (primary N) is 1. The molecule has 0 aliphatic heterocycles. The highest BCUT2D eigenvalue weighted by Gasteiger charge is 2.10. The van der Waals surface area contributed by atoms with E-state index in [1.165, 1.54) is 11.1 Å². The number of aromatic nitrogens is 1. The molecule has 3 aromatic rings. The Balaban J connectivity index is 2.00. The molecule has 2 aromatic carbocycles. The van der Waals surface area contributed by atoms with Crippen molar-refractivity contribution in [2.45, 2.75) is 13.3 Å². The van der Waals surface area contributed by atoms with Crippen molar-refractivity contribution in [3.05, 3.63) is 57.9 Å². The Morgan fingerprint density at radius 2 is 2.11 bits per heavy atom. The average Bonchev–Trinajstić information content (AvgIpc) is 2.71. The molecule has 3 nitrogen and oxygen atoms in total. The van der Waals surface area contributed by atoms with E-state index < -0.39 is 0 Å². The van der Waals surface area contributed by atoms with Crippen LogP contribution < -0.4 is 5.73 Å². The monoisotopic (exact) mass is 316 g/mol. The molecule has 3 rings (SSSR count).